The molecule has 19 heavy (non-hydrogen) atoms. The fourth-order valence-electron chi connectivity index (χ4n) is 1.61. The summed E-state index contributed by atoms with van der Waals surface area (Å²) < 4.78 is 45.6. The van der Waals surface area contributed by atoms with Crippen LogP contribution in [0.4, 0.5) is 13.2 Å². The van der Waals surface area contributed by atoms with Crippen LogP contribution < -0.4 is 0 Å². The molecule has 1 atom stereocenters. The Morgan fingerprint density at radius 3 is 2.47 bits per heavy atom. The Morgan fingerprint density at radius 2 is 1.95 bits per heavy atom. The van der Waals surface area contributed by atoms with E-state index >= 15 is 0 Å². The van der Waals surface area contributed by atoms with Gasteiger partial charge in [0.1, 0.15) is 12.3 Å². The third kappa shape index (κ3) is 2.76. The topological polar surface area (TPSA) is 47.9 Å². The Morgan fingerprint density at radius 1 is 1.32 bits per heavy atom. The molecule has 0 saturated heterocycles. The molecule has 102 valence electrons. The first-order chi connectivity index (χ1) is 8.89. The van der Waals surface area contributed by atoms with Crippen LogP contribution in [0.1, 0.15) is 5.56 Å². The molecule has 0 fully saturated rings. The lowest BCUT2D eigenvalue weighted by atomic mass is 10.1. The van der Waals surface area contributed by atoms with Gasteiger partial charge >= 0.3 is 17.9 Å². The highest BCUT2D eigenvalue weighted by molar-refractivity contribution is 6.27. The number of alkyl halides is 3. The minimum Gasteiger partial charge on any atom is -0.465 e. The maximum atomic E-state index is 12.2. The van der Waals surface area contributed by atoms with Crippen molar-refractivity contribution in [1.82, 2.24) is 0 Å². The molecule has 0 spiro atoms. The first-order valence-electron chi connectivity index (χ1n) is 5.34. The van der Waals surface area contributed by atoms with Crippen molar-refractivity contribution < 1.29 is 27.4 Å². The van der Waals surface area contributed by atoms with Crippen LogP contribution in [0.5, 0.6) is 0 Å². The van der Waals surface area contributed by atoms with Gasteiger partial charge in [-0.15, -0.1) is 0 Å². The SMILES string of the molecule is COC(=O)C1(OCC(F)(F)F)N=C1c1ccccc1. The number of aliphatic imine (C=N–C) groups is 1. The maximum Gasteiger partial charge on any atom is 0.411 e. The second kappa shape index (κ2) is 4.65. The van der Waals surface area contributed by atoms with Gasteiger partial charge in [-0.2, -0.15) is 13.2 Å². The first kappa shape index (κ1) is 13.5. The van der Waals surface area contributed by atoms with Gasteiger partial charge in [-0.3, -0.25) is 0 Å². The molecule has 0 N–H and O–H groups in total. The van der Waals surface area contributed by atoms with Gasteiger partial charge in [-0.1, -0.05) is 30.3 Å². The Kier molecular flexibility index (Phi) is 3.32. The van der Waals surface area contributed by atoms with E-state index in [9.17, 15) is 18.0 Å². The van der Waals surface area contributed by atoms with Crippen molar-refractivity contribution in [1.29, 1.82) is 0 Å². The van der Waals surface area contributed by atoms with Crippen LogP contribution in [0, 0.1) is 0 Å². The molecule has 0 amide bonds. The molecular formula is C12H10F3NO3. The number of rotatable bonds is 4. The lowest BCUT2D eigenvalue weighted by Gasteiger charge is -2.15. The summed E-state index contributed by atoms with van der Waals surface area (Å²) in [6.45, 7) is -1.57. The van der Waals surface area contributed by atoms with Crippen LogP contribution in [0.25, 0.3) is 0 Å². The van der Waals surface area contributed by atoms with Gasteiger partial charge in [-0.25, -0.2) is 9.79 Å². The summed E-state index contributed by atoms with van der Waals surface area (Å²) >= 11 is 0. The van der Waals surface area contributed by atoms with Crippen molar-refractivity contribution in [3.8, 4) is 0 Å². The van der Waals surface area contributed by atoms with E-state index in [1.54, 1.807) is 30.3 Å². The summed E-state index contributed by atoms with van der Waals surface area (Å²) in [5.74, 6) is -0.962. The summed E-state index contributed by atoms with van der Waals surface area (Å²) in [7, 11) is 1.07. The summed E-state index contributed by atoms with van der Waals surface area (Å²) in [6.07, 6.45) is -4.54. The maximum absolute atomic E-state index is 12.2. The average molecular weight is 273 g/mol. The number of carbonyl (C=O) groups is 1. The van der Waals surface area contributed by atoms with Gasteiger partial charge in [0.2, 0.25) is 0 Å². The summed E-state index contributed by atoms with van der Waals surface area (Å²) in [4.78, 5) is 15.3. The monoisotopic (exact) mass is 273 g/mol. The van der Waals surface area contributed by atoms with Gasteiger partial charge in [-0.05, 0) is 0 Å². The van der Waals surface area contributed by atoms with Gasteiger partial charge in [0.25, 0.3) is 0 Å². The van der Waals surface area contributed by atoms with Crippen molar-refractivity contribution in [3.63, 3.8) is 0 Å². The highest BCUT2D eigenvalue weighted by Gasteiger charge is 2.59. The standard InChI is InChI=1S/C12H10F3NO3/c1-18-10(17)12(19-7-11(13,14)15)9(16-12)8-5-3-2-4-6-8/h2-6H,7H2,1H3. The van der Waals surface area contributed by atoms with Crippen LogP contribution in [0.3, 0.4) is 0 Å². The van der Waals surface area contributed by atoms with E-state index < -0.39 is 24.5 Å². The number of nitrogens with zero attached hydrogens (tertiary/aromatic N) is 1. The van der Waals surface area contributed by atoms with E-state index in [1.165, 1.54) is 0 Å². The smallest absolute Gasteiger partial charge is 0.411 e. The molecule has 0 aromatic heterocycles. The van der Waals surface area contributed by atoms with E-state index in [-0.39, 0.29) is 5.71 Å². The molecule has 4 nitrogen and oxygen atoms in total. The fraction of sp³-hybridized carbons (Fsp3) is 0.333. The van der Waals surface area contributed by atoms with Crippen molar-refractivity contribution >= 4 is 11.7 Å². The molecule has 1 aliphatic rings. The van der Waals surface area contributed by atoms with E-state index in [2.05, 4.69) is 14.5 Å². The Bertz CT molecular complexity index is 513. The van der Waals surface area contributed by atoms with Gasteiger partial charge in [0.15, 0.2) is 0 Å². The van der Waals surface area contributed by atoms with Gasteiger partial charge in [0.05, 0.1) is 7.11 Å². The summed E-state index contributed by atoms with van der Waals surface area (Å²) in [5, 5.41) is 0. The third-order valence-corrected chi connectivity index (χ3v) is 2.49. The number of halogens is 3. The zero-order valence-corrected chi connectivity index (χ0v) is 9.90. The van der Waals surface area contributed by atoms with Crippen molar-refractivity contribution in [2.75, 3.05) is 13.7 Å². The fourth-order valence-corrected chi connectivity index (χ4v) is 1.61. The Labute approximate surface area is 106 Å². The molecular weight excluding hydrogens is 263 g/mol. The highest BCUT2D eigenvalue weighted by Crippen LogP contribution is 2.36. The molecule has 1 unspecified atom stereocenters. The normalized spacial score (nSPS) is 21.8. The quantitative estimate of drug-likeness (QED) is 0.788. The molecule has 1 heterocycles. The molecule has 2 rings (SSSR count). The van der Waals surface area contributed by atoms with E-state index in [0.29, 0.717) is 5.56 Å². The molecule has 0 radical (unpaired) electrons. The van der Waals surface area contributed by atoms with E-state index in [1.807, 2.05) is 0 Å². The molecule has 0 bridgehead atoms. The second-order valence-corrected chi connectivity index (χ2v) is 3.87. The lowest BCUT2D eigenvalue weighted by molar-refractivity contribution is -0.196. The third-order valence-electron chi connectivity index (χ3n) is 2.49. The van der Waals surface area contributed by atoms with Crippen molar-refractivity contribution in [3.05, 3.63) is 35.9 Å². The summed E-state index contributed by atoms with van der Waals surface area (Å²) in [5.41, 5.74) is -1.29. The molecule has 1 aliphatic heterocycles. The van der Waals surface area contributed by atoms with Crippen molar-refractivity contribution in [2.24, 2.45) is 4.99 Å². The highest BCUT2D eigenvalue weighted by atomic mass is 19.4. The number of methoxy groups -OCH3 is 1. The largest absolute Gasteiger partial charge is 0.465 e. The van der Waals surface area contributed by atoms with Crippen LogP contribution in [-0.4, -0.2) is 37.3 Å². The minimum absolute atomic E-state index is 0.143. The average Bonchev–Trinajstić information content (AvgIpc) is 3.12. The van der Waals surface area contributed by atoms with Crippen molar-refractivity contribution in [2.45, 2.75) is 11.9 Å². The number of ether oxygens (including phenoxy) is 2. The Balaban J connectivity index is 2.16. The molecule has 0 aliphatic carbocycles. The molecule has 1 aromatic rings. The first-order valence-corrected chi connectivity index (χ1v) is 5.34. The number of esters is 1. The van der Waals surface area contributed by atoms with E-state index in [4.69, 9.17) is 0 Å². The summed E-state index contributed by atoms with van der Waals surface area (Å²) in [6, 6.07) is 8.35. The van der Waals surface area contributed by atoms with Crippen LogP contribution in [0.15, 0.2) is 35.3 Å². The lowest BCUT2D eigenvalue weighted by Crippen LogP contribution is -2.38. The number of hydrogen-bond acceptors (Lipinski definition) is 4. The molecule has 1 aromatic carbocycles. The molecule has 7 heteroatoms. The second-order valence-electron chi connectivity index (χ2n) is 3.87. The zero-order chi connectivity index (χ0) is 14.1. The Hall–Kier alpha value is -1.89. The van der Waals surface area contributed by atoms with Crippen LogP contribution in [-0.2, 0) is 14.3 Å². The van der Waals surface area contributed by atoms with Gasteiger partial charge < -0.3 is 9.47 Å². The number of benzene rings is 1. The zero-order valence-electron chi connectivity index (χ0n) is 9.90. The predicted molar refractivity (Wildman–Crippen MR) is 59.7 cm³/mol. The van der Waals surface area contributed by atoms with Gasteiger partial charge in [0, 0.05) is 5.56 Å². The number of hydrogen-bond donors (Lipinski definition) is 0. The van der Waals surface area contributed by atoms with Crippen LogP contribution in [0.2, 0.25) is 0 Å². The number of carbonyl (C=O) groups excluding carboxylic acids is 1. The predicted octanol–water partition coefficient (Wildman–Crippen LogP) is 1.94. The van der Waals surface area contributed by atoms with E-state index in [0.717, 1.165) is 7.11 Å². The van der Waals surface area contributed by atoms with Crippen LogP contribution >= 0.6 is 0 Å². The minimum atomic E-state index is -4.54. The molecule has 0 saturated carbocycles.